The van der Waals surface area contributed by atoms with Crippen molar-refractivity contribution in [3.8, 4) is 5.75 Å². The quantitative estimate of drug-likeness (QED) is 0.809. The Bertz CT molecular complexity index is 582. The summed E-state index contributed by atoms with van der Waals surface area (Å²) in [6.45, 7) is 6.03. The van der Waals surface area contributed by atoms with Gasteiger partial charge >= 0.3 is 0 Å². The van der Waals surface area contributed by atoms with Crippen LogP contribution in [-0.4, -0.2) is 18.1 Å². The third kappa shape index (κ3) is 3.51. The molecule has 0 N–H and O–H groups in total. The van der Waals surface area contributed by atoms with Crippen molar-refractivity contribution in [2.45, 2.75) is 26.9 Å². The molecule has 0 radical (unpaired) electrons. The van der Waals surface area contributed by atoms with E-state index in [0.29, 0.717) is 0 Å². The maximum atomic E-state index is 5.65. The fraction of sp³-hybridized carbons (Fsp3) is 0.312. The topological polar surface area (TPSA) is 25.4 Å². The van der Waals surface area contributed by atoms with Gasteiger partial charge in [0.1, 0.15) is 11.6 Å². The number of nitrogens with zero attached hydrogens (tertiary/aromatic N) is 2. The van der Waals surface area contributed by atoms with Gasteiger partial charge in [-0.3, -0.25) is 0 Å². The molecule has 1 aromatic carbocycles. The van der Waals surface area contributed by atoms with Gasteiger partial charge in [-0.1, -0.05) is 0 Å². The molecule has 0 atom stereocenters. The van der Waals surface area contributed by atoms with Gasteiger partial charge in [0.2, 0.25) is 0 Å². The molecule has 1 heterocycles. The molecule has 0 spiro atoms. The van der Waals surface area contributed by atoms with Gasteiger partial charge in [0.05, 0.1) is 11.8 Å². The van der Waals surface area contributed by atoms with Gasteiger partial charge in [0.25, 0.3) is 0 Å². The summed E-state index contributed by atoms with van der Waals surface area (Å²) in [5, 5.41) is 0. The molecule has 106 valence electrons. The molecular formula is C16H19BrN2O. The average Bonchev–Trinajstić information content (AvgIpc) is 2.41. The molecule has 0 aliphatic rings. The first-order valence-electron chi connectivity index (χ1n) is 6.61. The highest BCUT2D eigenvalue weighted by molar-refractivity contribution is 9.10. The van der Waals surface area contributed by atoms with E-state index >= 15 is 0 Å². The minimum atomic E-state index is 0.189. The fourth-order valence-corrected chi connectivity index (χ4v) is 2.09. The molecule has 0 unspecified atom stereocenters. The molecule has 0 amide bonds. The number of benzene rings is 1. The number of hydrogen-bond acceptors (Lipinski definition) is 3. The summed E-state index contributed by atoms with van der Waals surface area (Å²) < 4.78 is 6.67. The number of aryl methyl sites for hydroxylation is 1. The van der Waals surface area contributed by atoms with Gasteiger partial charge in [0.15, 0.2) is 0 Å². The molecule has 0 saturated carbocycles. The summed E-state index contributed by atoms with van der Waals surface area (Å²) in [6.07, 6.45) is 0.189. The zero-order valence-electron chi connectivity index (χ0n) is 12.2. The molecule has 0 aliphatic carbocycles. The maximum Gasteiger partial charge on any atom is 0.133 e. The Morgan fingerprint density at radius 2 is 1.75 bits per heavy atom. The van der Waals surface area contributed by atoms with E-state index in [2.05, 4.69) is 25.8 Å². The second-order valence-corrected chi connectivity index (χ2v) is 5.81. The van der Waals surface area contributed by atoms with E-state index in [0.717, 1.165) is 27.4 Å². The molecule has 0 fully saturated rings. The zero-order valence-corrected chi connectivity index (χ0v) is 13.8. The van der Waals surface area contributed by atoms with Crippen LogP contribution in [0.3, 0.4) is 0 Å². The van der Waals surface area contributed by atoms with E-state index in [1.807, 2.05) is 64.2 Å². The van der Waals surface area contributed by atoms with Crippen LogP contribution in [0.1, 0.15) is 19.5 Å². The number of anilines is 2. The smallest absolute Gasteiger partial charge is 0.133 e. The van der Waals surface area contributed by atoms with Gasteiger partial charge in [-0.2, -0.15) is 0 Å². The van der Waals surface area contributed by atoms with E-state index in [1.165, 1.54) is 0 Å². The lowest BCUT2D eigenvalue weighted by Gasteiger charge is -2.19. The first-order chi connectivity index (χ1) is 9.47. The Morgan fingerprint density at radius 1 is 1.10 bits per heavy atom. The van der Waals surface area contributed by atoms with Gasteiger partial charge < -0.3 is 9.64 Å². The average molecular weight is 335 g/mol. The summed E-state index contributed by atoms with van der Waals surface area (Å²) in [7, 11) is 2.01. The lowest BCUT2D eigenvalue weighted by atomic mass is 10.2. The van der Waals surface area contributed by atoms with Gasteiger partial charge in [-0.15, -0.1) is 0 Å². The lowest BCUT2D eigenvalue weighted by molar-refractivity contribution is 0.242. The van der Waals surface area contributed by atoms with Crippen molar-refractivity contribution in [2.24, 2.45) is 0 Å². The second-order valence-electron chi connectivity index (χ2n) is 4.96. The van der Waals surface area contributed by atoms with E-state index in [1.54, 1.807) is 0 Å². The number of pyridine rings is 1. The number of aromatic nitrogens is 1. The van der Waals surface area contributed by atoms with Crippen LogP contribution in [0.4, 0.5) is 11.5 Å². The van der Waals surface area contributed by atoms with Crippen LogP contribution in [0.25, 0.3) is 0 Å². The minimum absolute atomic E-state index is 0.189. The van der Waals surface area contributed by atoms with Crippen molar-refractivity contribution in [2.75, 3.05) is 11.9 Å². The van der Waals surface area contributed by atoms with Crippen molar-refractivity contribution >= 4 is 27.4 Å². The molecule has 1 aromatic heterocycles. The Hall–Kier alpha value is -1.55. The third-order valence-electron chi connectivity index (χ3n) is 2.95. The summed E-state index contributed by atoms with van der Waals surface area (Å²) >= 11 is 3.47. The highest BCUT2D eigenvalue weighted by atomic mass is 79.9. The van der Waals surface area contributed by atoms with Crippen molar-refractivity contribution in [3.63, 3.8) is 0 Å². The summed E-state index contributed by atoms with van der Waals surface area (Å²) in [4.78, 5) is 6.62. The molecule has 2 aromatic rings. The first kappa shape index (κ1) is 14.9. The van der Waals surface area contributed by atoms with E-state index < -0.39 is 0 Å². The van der Waals surface area contributed by atoms with Crippen LogP contribution < -0.4 is 9.64 Å². The molecule has 2 rings (SSSR count). The molecule has 4 heteroatoms. The Kier molecular flexibility index (Phi) is 4.65. The van der Waals surface area contributed by atoms with E-state index in [4.69, 9.17) is 4.74 Å². The van der Waals surface area contributed by atoms with Crippen molar-refractivity contribution in [3.05, 3.63) is 46.6 Å². The van der Waals surface area contributed by atoms with Crippen LogP contribution >= 0.6 is 15.9 Å². The Labute approximate surface area is 128 Å². The third-order valence-corrected chi connectivity index (χ3v) is 3.78. The van der Waals surface area contributed by atoms with Crippen LogP contribution in [0.2, 0.25) is 0 Å². The number of ether oxygens (including phenoxy) is 1. The standard InChI is InChI=1S/C16H19BrN2O/c1-11(2)20-14-7-5-13(6-8-14)19(4)16-10-9-15(17)12(3)18-16/h5-11H,1-4H3. The molecule has 20 heavy (non-hydrogen) atoms. The van der Waals surface area contributed by atoms with Crippen LogP contribution in [-0.2, 0) is 0 Å². The first-order valence-corrected chi connectivity index (χ1v) is 7.40. The van der Waals surface area contributed by atoms with E-state index in [-0.39, 0.29) is 6.10 Å². The van der Waals surface area contributed by atoms with Crippen molar-refractivity contribution < 1.29 is 4.74 Å². The number of halogens is 1. The Balaban J connectivity index is 2.20. The summed E-state index contributed by atoms with van der Waals surface area (Å²) in [5.41, 5.74) is 2.06. The van der Waals surface area contributed by atoms with Crippen molar-refractivity contribution in [1.82, 2.24) is 4.98 Å². The molecular weight excluding hydrogens is 316 g/mol. The predicted octanol–water partition coefficient (Wildman–Crippen LogP) is 4.71. The summed E-state index contributed by atoms with van der Waals surface area (Å²) in [6, 6.07) is 12.1. The minimum Gasteiger partial charge on any atom is -0.491 e. The van der Waals surface area contributed by atoms with Gasteiger partial charge in [-0.25, -0.2) is 4.98 Å². The van der Waals surface area contributed by atoms with Crippen LogP contribution in [0, 0.1) is 6.92 Å². The predicted molar refractivity (Wildman–Crippen MR) is 86.9 cm³/mol. The Morgan fingerprint density at radius 3 is 2.30 bits per heavy atom. The monoisotopic (exact) mass is 334 g/mol. The van der Waals surface area contributed by atoms with Crippen LogP contribution in [0.5, 0.6) is 5.75 Å². The maximum absolute atomic E-state index is 5.65. The van der Waals surface area contributed by atoms with Crippen LogP contribution in [0.15, 0.2) is 40.9 Å². The second kappa shape index (κ2) is 6.27. The van der Waals surface area contributed by atoms with E-state index in [9.17, 15) is 0 Å². The van der Waals surface area contributed by atoms with Gasteiger partial charge in [0, 0.05) is 17.2 Å². The molecule has 0 bridgehead atoms. The van der Waals surface area contributed by atoms with Crippen molar-refractivity contribution in [1.29, 1.82) is 0 Å². The zero-order chi connectivity index (χ0) is 14.7. The lowest BCUT2D eigenvalue weighted by Crippen LogP contribution is -2.12. The molecule has 0 saturated heterocycles. The molecule has 0 aliphatic heterocycles. The SMILES string of the molecule is Cc1nc(N(C)c2ccc(OC(C)C)cc2)ccc1Br. The van der Waals surface area contributed by atoms with Gasteiger partial charge in [-0.05, 0) is 73.1 Å². The summed E-state index contributed by atoms with van der Waals surface area (Å²) in [5.74, 6) is 1.81. The highest BCUT2D eigenvalue weighted by Crippen LogP contribution is 2.26. The normalized spacial score (nSPS) is 10.7. The molecule has 3 nitrogen and oxygen atoms in total. The number of rotatable bonds is 4. The highest BCUT2D eigenvalue weighted by Gasteiger charge is 2.07. The largest absolute Gasteiger partial charge is 0.491 e. The number of hydrogen-bond donors (Lipinski definition) is 0. The fourth-order valence-electron chi connectivity index (χ4n) is 1.87.